The molecule has 0 spiro atoms. The Morgan fingerprint density at radius 3 is 2.53 bits per heavy atom. The molecule has 3 rings (SSSR count). The van der Waals surface area contributed by atoms with Crippen molar-refractivity contribution in [2.24, 2.45) is 0 Å². The van der Waals surface area contributed by atoms with Crippen molar-refractivity contribution in [1.29, 1.82) is 0 Å². The molecule has 1 amide bonds. The SMILES string of the molecule is CC[C@H](C)NC(=O)c1ccc(CSc2nnc(-c3ccccc3Cl)n2[C@H](C)COC)cc1. The number of nitrogens with zero attached hydrogens (tertiary/aromatic N) is 3. The third-order valence-electron chi connectivity index (χ3n) is 5.20. The molecule has 32 heavy (non-hydrogen) atoms. The van der Waals surface area contributed by atoms with Gasteiger partial charge in [-0.15, -0.1) is 10.2 Å². The first kappa shape index (κ1) is 24.3. The van der Waals surface area contributed by atoms with E-state index in [1.54, 1.807) is 18.9 Å². The van der Waals surface area contributed by atoms with Crippen LogP contribution in [0.3, 0.4) is 0 Å². The molecule has 1 heterocycles. The molecule has 1 N–H and O–H groups in total. The zero-order valence-electron chi connectivity index (χ0n) is 18.8. The smallest absolute Gasteiger partial charge is 0.251 e. The van der Waals surface area contributed by atoms with E-state index in [4.69, 9.17) is 16.3 Å². The van der Waals surface area contributed by atoms with Gasteiger partial charge in [0.2, 0.25) is 0 Å². The molecular formula is C24H29ClN4O2S. The molecule has 0 aliphatic rings. The Kier molecular flexibility index (Phi) is 8.73. The predicted octanol–water partition coefficient (Wildman–Crippen LogP) is 5.63. The number of benzene rings is 2. The van der Waals surface area contributed by atoms with Crippen molar-refractivity contribution < 1.29 is 9.53 Å². The number of aromatic nitrogens is 3. The van der Waals surface area contributed by atoms with E-state index in [0.717, 1.165) is 28.5 Å². The summed E-state index contributed by atoms with van der Waals surface area (Å²) in [4.78, 5) is 12.3. The van der Waals surface area contributed by atoms with Crippen LogP contribution in [0, 0.1) is 0 Å². The van der Waals surface area contributed by atoms with Crippen LogP contribution >= 0.6 is 23.4 Å². The van der Waals surface area contributed by atoms with Gasteiger partial charge in [0.1, 0.15) is 0 Å². The van der Waals surface area contributed by atoms with Crippen molar-refractivity contribution in [3.05, 3.63) is 64.7 Å². The Balaban J connectivity index is 1.77. The van der Waals surface area contributed by atoms with Crippen LogP contribution in [0.25, 0.3) is 11.4 Å². The maximum atomic E-state index is 12.3. The maximum absolute atomic E-state index is 12.3. The van der Waals surface area contributed by atoms with Crippen molar-refractivity contribution in [1.82, 2.24) is 20.1 Å². The highest BCUT2D eigenvalue weighted by Crippen LogP contribution is 2.33. The number of hydrogen-bond acceptors (Lipinski definition) is 5. The second-order valence-corrected chi connectivity index (χ2v) is 9.08. The Morgan fingerprint density at radius 1 is 1.16 bits per heavy atom. The summed E-state index contributed by atoms with van der Waals surface area (Å²) in [6.07, 6.45) is 0.902. The van der Waals surface area contributed by atoms with Gasteiger partial charge < -0.3 is 10.1 Å². The predicted molar refractivity (Wildman–Crippen MR) is 130 cm³/mol. The normalized spacial score (nSPS) is 13.0. The number of rotatable bonds is 10. The fourth-order valence-corrected chi connectivity index (χ4v) is 4.44. The third-order valence-corrected chi connectivity index (χ3v) is 6.55. The van der Waals surface area contributed by atoms with Crippen LogP contribution in [0.1, 0.15) is 49.2 Å². The average Bonchev–Trinajstić information content (AvgIpc) is 3.22. The second-order valence-electron chi connectivity index (χ2n) is 7.73. The lowest BCUT2D eigenvalue weighted by atomic mass is 10.1. The van der Waals surface area contributed by atoms with Gasteiger partial charge in [-0.05, 0) is 50.1 Å². The first-order valence-corrected chi connectivity index (χ1v) is 12.0. The van der Waals surface area contributed by atoms with Crippen molar-refractivity contribution in [3.8, 4) is 11.4 Å². The zero-order valence-corrected chi connectivity index (χ0v) is 20.4. The lowest BCUT2D eigenvalue weighted by molar-refractivity contribution is 0.0939. The van der Waals surface area contributed by atoms with E-state index in [1.165, 1.54) is 0 Å². The number of nitrogens with one attached hydrogen (secondary N) is 1. The molecule has 2 atom stereocenters. The largest absolute Gasteiger partial charge is 0.383 e. The summed E-state index contributed by atoms with van der Waals surface area (Å²) in [5, 5.41) is 13.3. The number of ether oxygens (including phenoxy) is 1. The molecule has 0 saturated heterocycles. The van der Waals surface area contributed by atoms with Gasteiger partial charge in [0.25, 0.3) is 5.91 Å². The quantitative estimate of drug-likeness (QED) is 0.387. The van der Waals surface area contributed by atoms with Gasteiger partial charge >= 0.3 is 0 Å². The van der Waals surface area contributed by atoms with Gasteiger partial charge in [-0.3, -0.25) is 9.36 Å². The van der Waals surface area contributed by atoms with Crippen LogP contribution in [-0.2, 0) is 10.5 Å². The highest BCUT2D eigenvalue weighted by atomic mass is 35.5. The lowest BCUT2D eigenvalue weighted by Crippen LogP contribution is -2.31. The summed E-state index contributed by atoms with van der Waals surface area (Å²) in [5.74, 6) is 1.38. The number of carbonyl (C=O) groups is 1. The van der Waals surface area contributed by atoms with Gasteiger partial charge in [0.05, 0.1) is 17.7 Å². The first-order valence-electron chi connectivity index (χ1n) is 10.7. The molecule has 170 valence electrons. The summed E-state index contributed by atoms with van der Waals surface area (Å²) >= 11 is 8.02. The number of thioether (sulfide) groups is 1. The summed E-state index contributed by atoms with van der Waals surface area (Å²) in [7, 11) is 1.68. The van der Waals surface area contributed by atoms with E-state index >= 15 is 0 Å². The molecule has 1 aromatic heterocycles. The van der Waals surface area contributed by atoms with Crippen LogP contribution in [0.2, 0.25) is 5.02 Å². The minimum atomic E-state index is -0.0453. The molecule has 8 heteroatoms. The maximum Gasteiger partial charge on any atom is 0.251 e. The molecule has 0 unspecified atom stereocenters. The highest BCUT2D eigenvalue weighted by molar-refractivity contribution is 7.98. The van der Waals surface area contributed by atoms with Crippen molar-refractivity contribution in [3.63, 3.8) is 0 Å². The fourth-order valence-electron chi connectivity index (χ4n) is 3.22. The van der Waals surface area contributed by atoms with E-state index in [2.05, 4.69) is 33.9 Å². The van der Waals surface area contributed by atoms with Crippen molar-refractivity contribution in [2.75, 3.05) is 13.7 Å². The van der Waals surface area contributed by atoms with E-state index < -0.39 is 0 Å². The minimum absolute atomic E-state index is 0.0374. The van der Waals surface area contributed by atoms with Crippen LogP contribution in [0.5, 0.6) is 0 Å². The Morgan fingerprint density at radius 2 is 1.88 bits per heavy atom. The summed E-state index contributed by atoms with van der Waals surface area (Å²) < 4.78 is 7.45. The molecule has 6 nitrogen and oxygen atoms in total. The molecule has 0 bridgehead atoms. The minimum Gasteiger partial charge on any atom is -0.383 e. The summed E-state index contributed by atoms with van der Waals surface area (Å²) in [6, 6.07) is 15.5. The standard InChI is InChI=1S/C24H29ClN4O2S/c1-5-16(2)26-23(30)19-12-10-18(11-13-19)15-32-24-28-27-22(29(24)17(3)14-31-4)20-8-6-7-9-21(20)25/h6-13,16-17H,5,14-15H2,1-4H3,(H,26,30)/t16-,17+/m0/s1. The van der Waals surface area contributed by atoms with Crippen LogP contribution in [0.4, 0.5) is 0 Å². The van der Waals surface area contributed by atoms with E-state index in [1.807, 2.05) is 55.5 Å². The molecule has 0 saturated carbocycles. The van der Waals surface area contributed by atoms with Gasteiger partial charge in [0.15, 0.2) is 11.0 Å². The van der Waals surface area contributed by atoms with Gasteiger partial charge in [-0.2, -0.15) is 0 Å². The van der Waals surface area contributed by atoms with Crippen LogP contribution in [0.15, 0.2) is 53.7 Å². The summed E-state index contributed by atoms with van der Waals surface area (Å²) in [6.45, 7) is 6.65. The third kappa shape index (κ3) is 5.91. The van der Waals surface area contributed by atoms with Gasteiger partial charge in [-0.1, -0.05) is 54.6 Å². The monoisotopic (exact) mass is 472 g/mol. The van der Waals surface area contributed by atoms with E-state index in [0.29, 0.717) is 22.9 Å². The van der Waals surface area contributed by atoms with Crippen LogP contribution in [-0.4, -0.2) is 40.4 Å². The summed E-state index contributed by atoms with van der Waals surface area (Å²) in [5.41, 5.74) is 2.61. The number of halogens is 1. The Labute approximate surface area is 198 Å². The van der Waals surface area contributed by atoms with Crippen molar-refractivity contribution >= 4 is 29.3 Å². The van der Waals surface area contributed by atoms with E-state index in [9.17, 15) is 4.79 Å². The molecular weight excluding hydrogens is 444 g/mol. The van der Waals surface area contributed by atoms with E-state index in [-0.39, 0.29) is 18.0 Å². The number of methoxy groups -OCH3 is 1. The highest BCUT2D eigenvalue weighted by Gasteiger charge is 2.21. The Bertz CT molecular complexity index is 1040. The molecule has 0 fully saturated rings. The molecule has 2 aromatic carbocycles. The topological polar surface area (TPSA) is 69.0 Å². The van der Waals surface area contributed by atoms with Gasteiger partial charge in [0, 0.05) is 30.0 Å². The second kappa shape index (κ2) is 11.5. The molecule has 0 aliphatic carbocycles. The molecule has 0 radical (unpaired) electrons. The van der Waals surface area contributed by atoms with Crippen LogP contribution < -0.4 is 5.32 Å². The lowest BCUT2D eigenvalue weighted by Gasteiger charge is -2.17. The Hall–Kier alpha value is -2.35. The van der Waals surface area contributed by atoms with Crippen molar-refractivity contribution in [2.45, 2.75) is 50.2 Å². The number of amides is 1. The fraction of sp³-hybridized carbons (Fsp3) is 0.375. The average molecular weight is 473 g/mol. The molecule has 0 aliphatic heterocycles. The van der Waals surface area contributed by atoms with Gasteiger partial charge in [-0.25, -0.2) is 0 Å². The number of hydrogen-bond donors (Lipinski definition) is 1. The zero-order chi connectivity index (χ0) is 23.1. The number of carbonyl (C=O) groups excluding carboxylic acids is 1. The first-order chi connectivity index (χ1) is 15.4. The molecule has 3 aromatic rings.